The van der Waals surface area contributed by atoms with E-state index in [2.05, 4.69) is 47.7 Å². The minimum Gasteiger partial charge on any atom is -0.336 e. The van der Waals surface area contributed by atoms with Crippen molar-refractivity contribution >= 4 is 22.2 Å². The SMILES string of the molecule is CCN(Cc1ccc(C(=O)N2CCN(Cc3cc(=O)n4ccsc4n3)CC2)cc1)C(C)C. The topological polar surface area (TPSA) is 61.2 Å². The van der Waals surface area contributed by atoms with E-state index >= 15 is 0 Å². The average Bonchev–Trinajstić information content (AvgIpc) is 3.27. The zero-order chi connectivity index (χ0) is 22.7. The Morgan fingerprint density at radius 2 is 1.88 bits per heavy atom. The van der Waals surface area contributed by atoms with Gasteiger partial charge < -0.3 is 4.90 Å². The van der Waals surface area contributed by atoms with Gasteiger partial charge in [0.05, 0.1) is 5.69 Å². The van der Waals surface area contributed by atoms with Crippen LogP contribution in [-0.4, -0.2) is 68.8 Å². The molecule has 1 aromatic carbocycles. The van der Waals surface area contributed by atoms with Crippen LogP contribution in [-0.2, 0) is 13.1 Å². The summed E-state index contributed by atoms with van der Waals surface area (Å²) >= 11 is 1.46. The number of rotatable bonds is 7. The monoisotopic (exact) mass is 453 g/mol. The van der Waals surface area contributed by atoms with E-state index in [1.165, 1.54) is 16.9 Å². The molecule has 0 N–H and O–H groups in total. The molecule has 8 heteroatoms. The lowest BCUT2D eigenvalue weighted by Gasteiger charge is -2.34. The van der Waals surface area contributed by atoms with Crippen molar-refractivity contribution in [3.63, 3.8) is 0 Å². The molecule has 170 valence electrons. The van der Waals surface area contributed by atoms with Gasteiger partial charge in [0.25, 0.3) is 11.5 Å². The molecular weight excluding hydrogens is 422 g/mol. The second-order valence-corrected chi connectivity index (χ2v) is 9.44. The van der Waals surface area contributed by atoms with E-state index in [0.29, 0.717) is 25.7 Å². The molecule has 1 saturated heterocycles. The van der Waals surface area contributed by atoms with Crippen LogP contribution < -0.4 is 5.56 Å². The largest absolute Gasteiger partial charge is 0.336 e. The van der Waals surface area contributed by atoms with E-state index in [1.54, 1.807) is 16.7 Å². The highest BCUT2D eigenvalue weighted by molar-refractivity contribution is 7.15. The zero-order valence-electron chi connectivity index (χ0n) is 19.0. The number of hydrogen-bond donors (Lipinski definition) is 0. The smallest absolute Gasteiger partial charge is 0.258 e. The molecule has 3 aromatic rings. The Labute approximate surface area is 192 Å². The number of hydrogen-bond acceptors (Lipinski definition) is 6. The molecule has 1 aliphatic rings. The van der Waals surface area contributed by atoms with Crippen molar-refractivity contribution in [1.82, 2.24) is 24.1 Å². The summed E-state index contributed by atoms with van der Waals surface area (Å²) in [6.07, 6.45) is 1.75. The van der Waals surface area contributed by atoms with Gasteiger partial charge in [-0.2, -0.15) is 0 Å². The van der Waals surface area contributed by atoms with Gasteiger partial charge in [-0.3, -0.25) is 23.8 Å². The summed E-state index contributed by atoms with van der Waals surface area (Å²) in [7, 11) is 0. The zero-order valence-corrected chi connectivity index (χ0v) is 19.8. The molecule has 0 aliphatic carbocycles. The first-order chi connectivity index (χ1) is 15.4. The molecule has 2 aromatic heterocycles. The molecule has 0 unspecified atom stereocenters. The first kappa shape index (κ1) is 22.6. The van der Waals surface area contributed by atoms with E-state index in [9.17, 15) is 9.59 Å². The maximum Gasteiger partial charge on any atom is 0.258 e. The number of amides is 1. The maximum absolute atomic E-state index is 13.0. The summed E-state index contributed by atoms with van der Waals surface area (Å²) < 4.78 is 1.57. The van der Waals surface area contributed by atoms with Crippen molar-refractivity contribution in [2.75, 3.05) is 32.7 Å². The number of thiazole rings is 1. The van der Waals surface area contributed by atoms with Gasteiger partial charge in [0.1, 0.15) is 0 Å². The lowest BCUT2D eigenvalue weighted by Crippen LogP contribution is -2.48. The van der Waals surface area contributed by atoms with Crippen LogP contribution in [0.1, 0.15) is 42.4 Å². The van der Waals surface area contributed by atoms with Crippen molar-refractivity contribution in [1.29, 1.82) is 0 Å². The third kappa shape index (κ3) is 5.09. The average molecular weight is 454 g/mol. The first-order valence-corrected chi connectivity index (χ1v) is 12.1. The van der Waals surface area contributed by atoms with Crippen LogP contribution in [0.4, 0.5) is 0 Å². The predicted octanol–water partition coefficient (Wildman–Crippen LogP) is 2.94. The summed E-state index contributed by atoms with van der Waals surface area (Å²) in [6.45, 7) is 12.0. The van der Waals surface area contributed by atoms with Crippen molar-refractivity contribution in [2.24, 2.45) is 0 Å². The van der Waals surface area contributed by atoms with E-state index in [-0.39, 0.29) is 11.5 Å². The van der Waals surface area contributed by atoms with Gasteiger partial charge in [0.2, 0.25) is 0 Å². The Kier molecular flexibility index (Phi) is 7.03. The van der Waals surface area contributed by atoms with Crippen LogP contribution in [0.3, 0.4) is 0 Å². The molecule has 3 heterocycles. The molecule has 0 saturated carbocycles. The molecule has 1 aliphatic heterocycles. The van der Waals surface area contributed by atoms with Crippen LogP contribution in [0.2, 0.25) is 0 Å². The Bertz CT molecular complexity index is 1110. The van der Waals surface area contributed by atoms with Gasteiger partial charge in [-0.05, 0) is 38.1 Å². The lowest BCUT2D eigenvalue weighted by molar-refractivity contribution is 0.0627. The number of nitrogens with zero attached hydrogens (tertiary/aromatic N) is 5. The normalized spacial score (nSPS) is 15.2. The van der Waals surface area contributed by atoms with Crippen LogP contribution in [0.25, 0.3) is 4.96 Å². The molecule has 0 radical (unpaired) electrons. The van der Waals surface area contributed by atoms with Gasteiger partial charge in [-0.1, -0.05) is 19.1 Å². The third-order valence-corrected chi connectivity index (χ3v) is 6.88. The Hall–Kier alpha value is -2.55. The molecular formula is C24H31N5O2S. The van der Waals surface area contributed by atoms with Gasteiger partial charge in [-0.25, -0.2) is 4.98 Å². The molecule has 32 heavy (non-hydrogen) atoms. The second-order valence-electron chi connectivity index (χ2n) is 8.56. The van der Waals surface area contributed by atoms with Crippen LogP contribution in [0.15, 0.2) is 46.7 Å². The fourth-order valence-corrected chi connectivity index (χ4v) is 4.87. The van der Waals surface area contributed by atoms with Crippen molar-refractivity contribution in [2.45, 2.75) is 39.9 Å². The quantitative estimate of drug-likeness (QED) is 0.551. The molecule has 7 nitrogen and oxygen atoms in total. The second kappa shape index (κ2) is 9.94. The summed E-state index contributed by atoms with van der Waals surface area (Å²) in [4.78, 5) is 37.0. The van der Waals surface area contributed by atoms with Crippen LogP contribution in [0.5, 0.6) is 0 Å². The number of fused-ring (bicyclic) bond motifs is 1. The Balaban J connectivity index is 1.32. The Morgan fingerprint density at radius 3 is 2.53 bits per heavy atom. The van der Waals surface area contributed by atoms with Crippen molar-refractivity contribution < 1.29 is 4.79 Å². The standard InChI is InChI=1S/C24H31N5O2S/c1-4-27(18(2)3)16-19-5-7-20(8-6-19)23(31)28-11-9-26(10-12-28)17-21-15-22(30)29-13-14-32-24(29)25-21/h5-8,13-15,18H,4,9-12,16-17H2,1-3H3. The summed E-state index contributed by atoms with van der Waals surface area (Å²) in [5.41, 5.74) is 2.72. The maximum atomic E-state index is 13.0. The van der Waals surface area contributed by atoms with E-state index < -0.39 is 0 Å². The minimum absolute atomic E-state index is 0.0426. The molecule has 0 bridgehead atoms. The van der Waals surface area contributed by atoms with Gasteiger partial charge in [-0.15, -0.1) is 11.3 Å². The van der Waals surface area contributed by atoms with E-state index in [0.717, 1.165) is 42.4 Å². The highest BCUT2D eigenvalue weighted by atomic mass is 32.1. The molecule has 1 fully saturated rings. The molecule has 0 atom stereocenters. The highest BCUT2D eigenvalue weighted by Gasteiger charge is 2.23. The number of carbonyl (C=O) groups excluding carboxylic acids is 1. The summed E-state index contributed by atoms with van der Waals surface area (Å²) in [5, 5.41) is 1.87. The van der Waals surface area contributed by atoms with Crippen LogP contribution in [0, 0.1) is 0 Å². The fraction of sp³-hybridized carbons (Fsp3) is 0.458. The van der Waals surface area contributed by atoms with Crippen molar-refractivity contribution in [3.8, 4) is 0 Å². The summed E-state index contributed by atoms with van der Waals surface area (Å²) in [6, 6.07) is 10.1. The molecule has 4 rings (SSSR count). The van der Waals surface area contributed by atoms with Crippen LogP contribution >= 0.6 is 11.3 Å². The predicted molar refractivity (Wildman–Crippen MR) is 128 cm³/mol. The summed E-state index contributed by atoms with van der Waals surface area (Å²) in [5.74, 6) is 0.0868. The lowest BCUT2D eigenvalue weighted by atomic mass is 10.1. The fourth-order valence-electron chi connectivity index (χ4n) is 4.14. The van der Waals surface area contributed by atoms with Gasteiger partial charge in [0.15, 0.2) is 4.96 Å². The molecule has 0 spiro atoms. The number of carbonyl (C=O) groups is 1. The van der Waals surface area contributed by atoms with E-state index in [1.807, 2.05) is 22.4 Å². The first-order valence-electron chi connectivity index (χ1n) is 11.2. The van der Waals surface area contributed by atoms with Gasteiger partial charge >= 0.3 is 0 Å². The van der Waals surface area contributed by atoms with E-state index in [4.69, 9.17) is 0 Å². The molecule has 1 amide bonds. The number of benzene rings is 1. The number of aromatic nitrogens is 2. The minimum atomic E-state index is -0.0426. The van der Waals surface area contributed by atoms with Gasteiger partial charge in [0, 0.05) is 68.5 Å². The Morgan fingerprint density at radius 1 is 1.16 bits per heavy atom. The number of piperazine rings is 1. The van der Waals surface area contributed by atoms with Crippen molar-refractivity contribution in [3.05, 3.63) is 69.1 Å². The highest BCUT2D eigenvalue weighted by Crippen LogP contribution is 2.14. The third-order valence-electron chi connectivity index (χ3n) is 6.12.